The van der Waals surface area contributed by atoms with Crippen LogP contribution >= 0.6 is 34.9 Å². The first kappa shape index (κ1) is 15.1. The van der Waals surface area contributed by atoms with Crippen LogP contribution in [0.1, 0.15) is 17.3 Å². The second kappa shape index (κ2) is 6.96. The van der Waals surface area contributed by atoms with Crippen molar-refractivity contribution in [1.82, 2.24) is 10.2 Å². The van der Waals surface area contributed by atoms with Crippen LogP contribution in [0.25, 0.3) is 0 Å². The Morgan fingerprint density at radius 3 is 2.80 bits per heavy atom. The molecule has 1 aromatic heterocycles. The molecule has 0 unspecified atom stereocenters. The lowest BCUT2D eigenvalue weighted by Crippen LogP contribution is -2.07. The van der Waals surface area contributed by atoms with Gasteiger partial charge in [-0.15, -0.1) is 10.2 Å². The Labute approximate surface area is 129 Å². The van der Waals surface area contributed by atoms with Crippen LogP contribution in [0.2, 0.25) is 0 Å². The molecule has 0 saturated heterocycles. The van der Waals surface area contributed by atoms with E-state index in [1.165, 1.54) is 34.9 Å². The summed E-state index contributed by atoms with van der Waals surface area (Å²) in [5.74, 6) is -0.378. The number of nitrogens with zero attached hydrogens (tertiary/aromatic N) is 2. The smallest absolute Gasteiger partial charge is 0.339 e. The first-order chi connectivity index (χ1) is 9.65. The van der Waals surface area contributed by atoms with Gasteiger partial charge in [0.1, 0.15) is 0 Å². The number of hydrogen-bond donors (Lipinski definition) is 1. The predicted octanol–water partition coefficient (Wildman–Crippen LogP) is 3.17. The Kier molecular flexibility index (Phi) is 5.27. The largest absolute Gasteiger partial charge is 0.462 e. The molecule has 2 rings (SSSR count). The predicted molar refractivity (Wildman–Crippen MR) is 82.6 cm³/mol. The Bertz CT molecular complexity index is 616. The molecule has 0 spiro atoms. The fourth-order valence-electron chi connectivity index (χ4n) is 1.45. The molecule has 0 bridgehead atoms. The monoisotopic (exact) mass is 327 g/mol. The molecular weight excluding hydrogens is 314 g/mol. The summed E-state index contributed by atoms with van der Waals surface area (Å²) >= 11 is 4.33. The Balaban J connectivity index is 2.32. The third-order valence-corrected chi connectivity index (χ3v) is 5.40. The average Bonchev–Trinajstić information content (AvgIpc) is 2.89. The van der Waals surface area contributed by atoms with Gasteiger partial charge in [-0.05, 0) is 25.3 Å². The van der Waals surface area contributed by atoms with E-state index < -0.39 is 0 Å². The number of thioether (sulfide) groups is 1. The number of nitrogens with two attached hydrogens (primary N) is 1. The van der Waals surface area contributed by atoms with Gasteiger partial charge in [-0.1, -0.05) is 40.9 Å². The van der Waals surface area contributed by atoms with Gasteiger partial charge >= 0.3 is 5.97 Å². The van der Waals surface area contributed by atoms with Gasteiger partial charge in [0.25, 0.3) is 0 Å². The summed E-state index contributed by atoms with van der Waals surface area (Å²) in [6.07, 6.45) is 1.94. The zero-order valence-electron chi connectivity index (χ0n) is 11.0. The van der Waals surface area contributed by atoms with E-state index in [4.69, 9.17) is 10.5 Å². The highest BCUT2D eigenvalue weighted by Gasteiger charge is 2.17. The highest BCUT2D eigenvalue weighted by Crippen LogP contribution is 2.38. The molecule has 0 radical (unpaired) electrons. The standard InChI is InChI=1S/C12H13N3O2S3/c1-3-17-10(16)7-5-4-6-8(13)9(7)19-12-15-14-11(18-2)20-12/h4-6H,3,13H2,1-2H3. The maximum absolute atomic E-state index is 11.9. The van der Waals surface area contributed by atoms with Crippen LogP contribution < -0.4 is 5.73 Å². The molecule has 106 valence electrons. The maximum atomic E-state index is 11.9. The molecule has 0 fully saturated rings. The molecular formula is C12H13N3O2S3. The number of benzene rings is 1. The van der Waals surface area contributed by atoms with Crippen LogP contribution in [0.4, 0.5) is 5.69 Å². The SMILES string of the molecule is CCOC(=O)c1cccc(N)c1Sc1nnc(SC)s1. The molecule has 0 aliphatic carbocycles. The molecule has 2 N–H and O–H groups in total. The summed E-state index contributed by atoms with van der Waals surface area (Å²) in [6, 6.07) is 5.19. The highest BCUT2D eigenvalue weighted by atomic mass is 32.2. The molecule has 0 aliphatic rings. The highest BCUT2D eigenvalue weighted by molar-refractivity contribution is 8.03. The summed E-state index contributed by atoms with van der Waals surface area (Å²) in [5.41, 5.74) is 6.95. The Morgan fingerprint density at radius 1 is 1.40 bits per heavy atom. The lowest BCUT2D eigenvalue weighted by Gasteiger charge is -2.09. The van der Waals surface area contributed by atoms with Crippen molar-refractivity contribution in [3.8, 4) is 0 Å². The molecule has 0 saturated carbocycles. The van der Waals surface area contributed by atoms with E-state index in [2.05, 4.69) is 10.2 Å². The van der Waals surface area contributed by atoms with Crippen LogP contribution in [-0.4, -0.2) is 29.0 Å². The second-order valence-electron chi connectivity index (χ2n) is 3.58. The number of aromatic nitrogens is 2. The normalized spacial score (nSPS) is 10.5. The minimum atomic E-state index is -0.378. The van der Waals surface area contributed by atoms with Gasteiger partial charge < -0.3 is 10.5 Å². The zero-order valence-corrected chi connectivity index (χ0v) is 13.4. The topological polar surface area (TPSA) is 78.1 Å². The van der Waals surface area contributed by atoms with Crippen molar-refractivity contribution in [2.45, 2.75) is 20.5 Å². The van der Waals surface area contributed by atoms with Crippen molar-refractivity contribution in [3.63, 3.8) is 0 Å². The number of carbonyl (C=O) groups is 1. The lowest BCUT2D eigenvalue weighted by atomic mass is 10.2. The van der Waals surface area contributed by atoms with E-state index in [9.17, 15) is 4.79 Å². The van der Waals surface area contributed by atoms with E-state index in [-0.39, 0.29) is 5.97 Å². The van der Waals surface area contributed by atoms with Crippen molar-refractivity contribution in [3.05, 3.63) is 23.8 Å². The van der Waals surface area contributed by atoms with Gasteiger partial charge in [0.2, 0.25) is 0 Å². The summed E-state index contributed by atoms with van der Waals surface area (Å²) in [5, 5.41) is 8.10. The molecule has 1 aromatic carbocycles. The van der Waals surface area contributed by atoms with Crippen molar-refractivity contribution < 1.29 is 9.53 Å². The lowest BCUT2D eigenvalue weighted by molar-refractivity contribution is 0.0522. The van der Waals surface area contributed by atoms with Gasteiger partial charge in [0.05, 0.1) is 17.1 Å². The van der Waals surface area contributed by atoms with Crippen LogP contribution in [0.5, 0.6) is 0 Å². The number of ether oxygens (including phenoxy) is 1. The number of rotatable bonds is 5. The van der Waals surface area contributed by atoms with Crippen molar-refractivity contribution in [2.24, 2.45) is 0 Å². The van der Waals surface area contributed by atoms with E-state index in [0.717, 1.165) is 8.68 Å². The Hall–Kier alpha value is -1.25. The minimum Gasteiger partial charge on any atom is -0.462 e. The van der Waals surface area contributed by atoms with E-state index in [0.29, 0.717) is 22.8 Å². The Morgan fingerprint density at radius 2 is 2.15 bits per heavy atom. The van der Waals surface area contributed by atoms with Crippen molar-refractivity contribution >= 4 is 46.5 Å². The second-order valence-corrected chi connectivity index (χ2v) is 6.87. The number of esters is 1. The zero-order chi connectivity index (χ0) is 14.5. The van der Waals surface area contributed by atoms with Crippen LogP contribution in [-0.2, 0) is 4.74 Å². The van der Waals surface area contributed by atoms with Gasteiger partial charge in [-0.3, -0.25) is 0 Å². The van der Waals surface area contributed by atoms with Crippen LogP contribution in [0.15, 0.2) is 31.8 Å². The van der Waals surface area contributed by atoms with Gasteiger partial charge in [-0.2, -0.15) is 0 Å². The average molecular weight is 327 g/mol. The molecule has 1 heterocycles. The molecule has 5 nitrogen and oxygen atoms in total. The van der Waals surface area contributed by atoms with E-state index >= 15 is 0 Å². The summed E-state index contributed by atoms with van der Waals surface area (Å²) in [4.78, 5) is 12.6. The van der Waals surface area contributed by atoms with E-state index in [1.807, 2.05) is 6.26 Å². The van der Waals surface area contributed by atoms with Crippen molar-refractivity contribution in [2.75, 3.05) is 18.6 Å². The molecule has 8 heteroatoms. The van der Waals surface area contributed by atoms with E-state index in [1.54, 1.807) is 25.1 Å². The number of carbonyl (C=O) groups excluding carboxylic acids is 1. The first-order valence-electron chi connectivity index (χ1n) is 5.76. The van der Waals surface area contributed by atoms with Crippen LogP contribution in [0.3, 0.4) is 0 Å². The molecule has 0 atom stereocenters. The third-order valence-electron chi connectivity index (χ3n) is 2.29. The molecule has 20 heavy (non-hydrogen) atoms. The third kappa shape index (κ3) is 3.44. The van der Waals surface area contributed by atoms with Gasteiger partial charge in [0.15, 0.2) is 8.68 Å². The molecule has 0 aliphatic heterocycles. The molecule has 0 amide bonds. The summed E-state index contributed by atoms with van der Waals surface area (Å²) < 4.78 is 6.67. The first-order valence-corrected chi connectivity index (χ1v) is 8.62. The number of anilines is 1. The quantitative estimate of drug-likeness (QED) is 0.513. The summed E-state index contributed by atoms with van der Waals surface area (Å²) in [7, 11) is 0. The number of hydrogen-bond acceptors (Lipinski definition) is 8. The fourth-order valence-corrected chi connectivity index (χ4v) is 3.97. The number of nitrogen functional groups attached to an aromatic ring is 1. The van der Waals surface area contributed by atoms with Crippen LogP contribution in [0, 0.1) is 0 Å². The summed E-state index contributed by atoms with van der Waals surface area (Å²) in [6.45, 7) is 2.10. The van der Waals surface area contributed by atoms with Crippen molar-refractivity contribution in [1.29, 1.82) is 0 Å². The molecule has 2 aromatic rings. The fraction of sp³-hybridized carbons (Fsp3) is 0.250. The minimum absolute atomic E-state index is 0.327. The maximum Gasteiger partial charge on any atom is 0.339 e. The van der Waals surface area contributed by atoms with Gasteiger partial charge in [0, 0.05) is 5.69 Å². The van der Waals surface area contributed by atoms with Gasteiger partial charge in [-0.25, -0.2) is 4.79 Å².